The highest BCUT2D eigenvalue weighted by atomic mass is 79.9. The van der Waals surface area contributed by atoms with Crippen LogP contribution >= 0.6 is 15.9 Å². The Bertz CT molecular complexity index is 385. The van der Waals surface area contributed by atoms with E-state index in [2.05, 4.69) is 41.8 Å². The highest BCUT2D eigenvalue weighted by Gasteiger charge is 2.06. The minimum atomic E-state index is -0.0524. The maximum atomic E-state index is 11.4. The van der Waals surface area contributed by atoms with E-state index in [0.717, 1.165) is 10.9 Å². The SMILES string of the molecule is CCCNC(=O)CNc1nc(NC)ncc1Br. The number of aromatic nitrogens is 2. The lowest BCUT2D eigenvalue weighted by atomic mass is 10.4. The van der Waals surface area contributed by atoms with E-state index < -0.39 is 0 Å². The average molecular weight is 302 g/mol. The van der Waals surface area contributed by atoms with Crippen LogP contribution < -0.4 is 16.0 Å². The second kappa shape index (κ2) is 7.05. The first kappa shape index (κ1) is 13.7. The van der Waals surface area contributed by atoms with Gasteiger partial charge in [-0.2, -0.15) is 4.98 Å². The summed E-state index contributed by atoms with van der Waals surface area (Å²) in [5.74, 6) is 1.05. The van der Waals surface area contributed by atoms with E-state index in [9.17, 15) is 4.79 Å². The molecule has 17 heavy (non-hydrogen) atoms. The molecular formula is C10H16BrN5O. The number of nitrogens with one attached hydrogen (secondary N) is 3. The molecule has 0 aliphatic rings. The lowest BCUT2D eigenvalue weighted by Gasteiger charge is -2.08. The third-order valence-electron chi connectivity index (χ3n) is 1.96. The Labute approximate surface area is 109 Å². The zero-order valence-electron chi connectivity index (χ0n) is 9.88. The smallest absolute Gasteiger partial charge is 0.239 e. The maximum Gasteiger partial charge on any atom is 0.239 e. The summed E-state index contributed by atoms with van der Waals surface area (Å²) < 4.78 is 0.722. The van der Waals surface area contributed by atoms with E-state index in [1.165, 1.54) is 0 Å². The number of rotatable bonds is 6. The van der Waals surface area contributed by atoms with E-state index >= 15 is 0 Å². The molecule has 1 aromatic heterocycles. The summed E-state index contributed by atoms with van der Waals surface area (Å²) in [5, 5.41) is 8.55. The van der Waals surface area contributed by atoms with Crippen LogP contribution in [0, 0.1) is 0 Å². The number of carbonyl (C=O) groups is 1. The minimum absolute atomic E-state index is 0.0524. The predicted molar refractivity (Wildman–Crippen MR) is 71.1 cm³/mol. The van der Waals surface area contributed by atoms with Crippen molar-refractivity contribution in [2.45, 2.75) is 13.3 Å². The van der Waals surface area contributed by atoms with Crippen LogP contribution in [0.1, 0.15) is 13.3 Å². The van der Waals surface area contributed by atoms with Gasteiger partial charge in [0.1, 0.15) is 5.82 Å². The summed E-state index contributed by atoms with van der Waals surface area (Å²) >= 11 is 3.32. The molecule has 0 saturated carbocycles. The van der Waals surface area contributed by atoms with Crippen molar-refractivity contribution in [3.8, 4) is 0 Å². The quantitative estimate of drug-likeness (QED) is 0.736. The Balaban J connectivity index is 2.53. The molecule has 0 aliphatic heterocycles. The molecule has 0 unspecified atom stereocenters. The summed E-state index contributed by atoms with van der Waals surface area (Å²) in [7, 11) is 1.74. The van der Waals surface area contributed by atoms with Gasteiger partial charge in [0.05, 0.1) is 11.0 Å². The molecule has 1 rings (SSSR count). The summed E-state index contributed by atoms with van der Waals surface area (Å²) in [5.41, 5.74) is 0. The van der Waals surface area contributed by atoms with Crippen molar-refractivity contribution in [3.63, 3.8) is 0 Å². The predicted octanol–water partition coefficient (Wildman–Crippen LogP) is 1.22. The van der Waals surface area contributed by atoms with Gasteiger partial charge in [-0.15, -0.1) is 0 Å². The average Bonchev–Trinajstić information content (AvgIpc) is 2.35. The molecule has 0 aromatic carbocycles. The fourth-order valence-corrected chi connectivity index (χ4v) is 1.43. The number of carbonyl (C=O) groups excluding carboxylic acids is 1. The van der Waals surface area contributed by atoms with Gasteiger partial charge in [-0.05, 0) is 22.4 Å². The number of halogens is 1. The molecular weight excluding hydrogens is 286 g/mol. The monoisotopic (exact) mass is 301 g/mol. The molecule has 0 aliphatic carbocycles. The van der Waals surface area contributed by atoms with E-state index in [4.69, 9.17) is 0 Å². The van der Waals surface area contributed by atoms with Crippen molar-refractivity contribution >= 4 is 33.6 Å². The number of hydrogen-bond donors (Lipinski definition) is 3. The Morgan fingerprint density at radius 2 is 2.29 bits per heavy atom. The highest BCUT2D eigenvalue weighted by molar-refractivity contribution is 9.10. The molecule has 0 atom stereocenters. The Hall–Kier alpha value is -1.37. The van der Waals surface area contributed by atoms with Crippen molar-refractivity contribution in [2.24, 2.45) is 0 Å². The van der Waals surface area contributed by atoms with Crippen LogP contribution in [0.25, 0.3) is 0 Å². The number of amides is 1. The third-order valence-corrected chi connectivity index (χ3v) is 2.54. The molecule has 6 nitrogen and oxygen atoms in total. The second-order valence-electron chi connectivity index (χ2n) is 3.34. The van der Waals surface area contributed by atoms with Gasteiger partial charge in [-0.3, -0.25) is 4.79 Å². The Morgan fingerprint density at radius 3 is 2.94 bits per heavy atom. The van der Waals surface area contributed by atoms with Crippen LogP contribution in [0.5, 0.6) is 0 Å². The van der Waals surface area contributed by atoms with Gasteiger partial charge in [0.25, 0.3) is 0 Å². The van der Waals surface area contributed by atoms with Gasteiger partial charge < -0.3 is 16.0 Å². The topological polar surface area (TPSA) is 78.9 Å². The van der Waals surface area contributed by atoms with Crippen molar-refractivity contribution in [2.75, 3.05) is 30.8 Å². The Kier molecular flexibility index (Phi) is 5.68. The van der Waals surface area contributed by atoms with E-state index in [1.54, 1.807) is 13.2 Å². The minimum Gasteiger partial charge on any atom is -0.360 e. The first-order valence-electron chi connectivity index (χ1n) is 5.38. The number of nitrogens with zero attached hydrogens (tertiary/aromatic N) is 2. The van der Waals surface area contributed by atoms with Crippen molar-refractivity contribution in [1.29, 1.82) is 0 Å². The molecule has 0 bridgehead atoms. The van der Waals surface area contributed by atoms with Crippen LogP contribution in [0.2, 0.25) is 0 Å². The van der Waals surface area contributed by atoms with Gasteiger partial charge in [-0.1, -0.05) is 6.92 Å². The molecule has 0 fully saturated rings. The molecule has 3 N–H and O–H groups in total. The second-order valence-corrected chi connectivity index (χ2v) is 4.20. The van der Waals surface area contributed by atoms with Crippen molar-refractivity contribution < 1.29 is 4.79 Å². The third kappa shape index (κ3) is 4.56. The van der Waals surface area contributed by atoms with E-state index in [0.29, 0.717) is 18.3 Å². The number of hydrogen-bond acceptors (Lipinski definition) is 5. The summed E-state index contributed by atoms with van der Waals surface area (Å²) in [6, 6.07) is 0. The van der Waals surface area contributed by atoms with E-state index in [1.807, 2.05) is 6.92 Å². The Morgan fingerprint density at radius 1 is 1.53 bits per heavy atom. The molecule has 0 spiro atoms. The highest BCUT2D eigenvalue weighted by Crippen LogP contribution is 2.19. The van der Waals surface area contributed by atoms with Crippen LogP contribution in [0.4, 0.5) is 11.8 Å². The van der Waals surface area contributed by atoms with Gasteiger partial charge in [-0.25, -0.2) is 4.98 Å². The van der Waals surface area contributed by atoms with Crippen molar-refractivity contribution in [1.82, 2.24) is 15.3 Å². The van der Waals surface area contributed by atoms with Gasteiger partial charge in [0, 0.05) is 19.8 Å². The molecule has 1 amide bonds. The summed E-state index contributed by atoms with van der Waals surface area (Å²) in [4.78, 5) is 19.6. The molecule has 1 heterocycles. The first-order valence-corrected chi connectivity index (χ1v) is 6.17. The largest absolute Gasteiger partial charge is 0.360 e. The number of anilines is 2. The molecule has 0 radical (unpaired) electrons. The van der Waals surface area contributed by atoms with Gasteiger partial charge >= 0.3 is 0 Å². The maximum absolute atomic E-state index is 11.4. The normalized spacial score (nSPS) is 9.82. The van der Waals surface area contributed by atoms with Gasteiger partial charge in [0.15, 0.2) is 0 Å². The molecule has 0 saturated heterocycles. The summed E-state index contributed by atoms with van der Waals surface area (Å²) in [6.45, 7) is 2.89. The van der Waals surface area contributed by atoms with Crippen LogP contribution in [0.3, 0.4) is 0 Å². The lowest BCUT2D eigenvalue weighted by molar-refractivity contribution is -0.119. The van der Waals surface area contributed by atoms with E-state index in [-0.39, 0.29) is 12.5 Å². The fourth-order valence-electron chi connectivity index (χ4n) is 1.10. The van der Waals surface area contributed by atoms with Crippen LogP contribution in [-0.2, 0) is 4.79 Å². The van der Waals surface area contributed by atoms with Crippen LogP contribution in [-0.4, -0.2) is 36.0 Å². The zero-order valence-corrected chi connectivity index (χ0v) is 11.5. The summed E-state index contributed by atoms with van der Waals surface area (Å²) in [6.07, 6.45) is 2.55. The zero-order chi connectivity index (χ0) is 12.7. The fraction of sp³-hybridized carbons (Fsp3) is 0.500. The molecule has 1 aromatic rings. The standard InChI is InChI=1S/C10H16BrN5O/c1-3-4-13-8(17)6-14-9-7(11)5-15-10(12-2)16-9/h5H,3-4,6H2,1-2H3,(H,13,17)(H2,12,14,15,16). The molecule has 7 heteroatoms. The van der Waals surface area contributed by atoms with Crippen molar-refractivity contribution in [3.05, 3.63) is 10.7 Å². The van der Waals surface area contributed by atoms with Crippen LogP contribution in [0.15, 0.2) is 10.7 Å². The first-order chi connectivity index (χ1) is 8.17. The molecule has 94 valence electrons. The van der Waals surface area contributed by atoms with Gasteiger partial charge in [0.2, 0.25) is 11.9 Å². The lowest BCUT2D eigenvalue weighted by Crippen LogP contribution is -2.30.